The summed E-state index contributed by atoms with van der Waals surface area (Å²) in [4.78, 5) is 11.6. The van der Waals surface area contributed by atoms with E-state index in [9.17, 15) is 4.79 Å². The molecule has 1 aliphatic carbocycles. The van der Waals surface area contributed by atoms with Crippen molar-refractivity contribution in [2.75, 3.05) is 6.54 Å². The predicted molar refractivity (Wildman–Crippen MR) is 58.9 cm³/mol. The largest absolute Gasteiger partial charge is 0.356 e. The highest BCUT2D eigenvalue weighted by atomic mass is 16.1. The van der Waals surface area contributed by atoms with Crippen LogP contribution < -0.4 is 5.32 Å². The molecule has 0 aliphatic heterocycles. The summed E-state index contributed by atoms with van der Waals surface area (Å²) in [5.41, 5.74) is 0. The lowest BCUT2D eigenvalue weighted by atomic mass is 9.82. The summed E-state index contributed by atoms with van der Waals surface area (Å²) in [6, 6.07) is 0. The molecule has 1 aliphatic rings. The molecule has 14 heavy (non-hydrogen) atoms. The smallest absolute Gasteiger partial charge is 0.223 e. The van der Waals surface area contributed by atoms with E-state index in [4.69, 9.17) is 0 Å². The molecule has 0 bridgehead atoms. The van der Waals surface area contributed by atoms with Gasteiger partial charge in [-0.1, -0.05) is 13.0 Å². The van der Waals surface area contributed by atoms with Gasteiger partial charge in [-0.3, -0.25) is 4.79 Å². The van der Waals surface area contributed by atoms with Gasteiger partial charge in [-0.2, -0.15) is 0 Å². The molecule has 2 nitrogen and oxygen atoms in total. The lowest BCUT2D eigenvalue weighted by Crippen LogP contribution is -2.33. The Morgan fingerprint density at radius 1 is 1.43 bits per heavy atom. The lowest BCUT2D eigenvalue weighted by Gasteiger charge is -2.25. The van der Waals surface area contributed by atoms with Gasteiger partial charge in [0.05, 0.1) is 0 Å². The number of carbonyl (C=O) groups excluding carboxylic acids is 1. The molecule has 0 spiro atoms. The fourth-order valence-corrected chi connectivity index (χ4v) is 1.96. The Hall–Kier alpha value is -0.790. The van der Waals surface area contributed by atoms with E-state index in [2.05, 4.69) is 18.8 Å². The minimum absolute atomic E-state index is 0.249. The van der Waals surface area contributed by atoms with Gasteiger partial charge in [-0.15, -0.1) is 6.58 Å². The number of hydrogen-bond acceptors (Lipinski definition) is 1. The Labute approximate surface area is 86.8 Å². The molecule has 0 aromatic heterocycles. The van der Waals surface area contributed by atoms with Crippen LogP contribution in [-0.4, -0.2) is 12.5 Å². The Kier molecular flexibility index (Phi) is 4.71. The summed E-state index contributed by atoms with van der Waals surface area (Å²) in [6.07, 6.45) is 7.26. The minimum atomic E-state index is 0.249. The lowest BCUT2D eigenvalue weighted by molar-refractivity contribution is -0.126. The van der Waals surface area contributed by atoms with Crippen molar-refractivity contribution in [1.82, 2.24) is 5.32 Å². The quantitative estimate of drug-likeness (QED) is 0.542. The fraction of sp³-hybridized carbons (Fsp3) is 0.750. The van der Waals surface area contributed by atoms with E-state index < -0.39 is 0 Å². The number of amides is 1. The van der Waals surface area contributed by atoms with E-state index in [-0.39, 0.29) is 11.8 Å². The maximum absolute atomic E-state index is 11.6. The van der Waals surface area contributed by atoms with Crippen LogP contribution in [0.15, 0.2) is 12.7 Å². The molecule has 80 valence electrons. The summed E-state index contributed by atoms with van der Waals surface area (Å²) < 4.78 is 0. The molecule has 1 fully saturated rings. The third-order valence-electron chi connectivity index (χ3n) is 3.03. The zero-order valence-corrected chi connectivity index (χ0v) is 9.09. The molecule has 1 rings (SSSR count). The van der Waals surface area contributed by atoms with Gasteiger partial charge in [0.1, 0.15) is 0 Å². The molecule has 1 saturated carbocycles. The summed E-state index contributed by atoms with van der Waals surface area (Å²) in [6.45, 7) is 6.64. The molecule has 0 aromatic rings. The predicted octanol–water partition coefficient (Wildman–Crippen LogP) is 2.51. The van der Waals surface area contributed by atoms with Crippen LogP contribution in [0.5, 0.6) is 0 Å². The van der Waals surface area contributed by atoms with E-state index in [1.165, 1.54) is 12.8 Å². The summed E-state index contributed by atoms with van der Waals surface area (Å²) in [7, 11) is 0. The van der Waals surface area contributed by atoms with E-state index in [0.29, 0.717) is 0 Å². The van der Waals surface area contributed by atoms with Crippen LogP contribution >= 0.6 is 0 Å². The van der Waals surface area contributed by atoms with Crippen molar-refractivity contribution < 1.29 is 4.79 Å². The SMILES string of the molecule is C=CCCNC(=O)C1CCC(C)CC1. The van der Waals surface area contributed by atoms with Gasteiger partial charge < -0.3 is 5.32 Å². The first-order valence-electron chi connectivity index (χ1n) is 5.62. The van der Waals surface area contributed by atoms with Crippen molar-refractivity contribution in [3.05, 3.63) is 12.7 Å². The molecule has 2 heteroatoms. The Balaban J connectivity index is 2.20. The first-order valence-corrected chi connectivity index (χ1v) is 5.62. The molecule has 0 aromatic carbocycles. The summed E-state index contributed by atoms with van der Waals surface area (Å²) >= 11 is 0. The zero-order valence-electron chi connectivity index (χ0n) is 9.09. The van der Waals surface area contributed by atoms with Crippen molar-refractivity contribution in [3.63, 3.8) is 0 Å². The number of hydrogen-bond donors (Lipinski definition) is 1. The van der Waals surface area contributed by atoms with E-state index in [1.807, 2.05) is 6.08 Å². The Morgan fingerprint density at radius 2 is 2.07 bits per heavy atom. The van der Waals surface area contributed by atoms with Crippen LogP contribution in [0.1, 0.15) is 39.0 Å². The average Bonchev–Trinajstić information content (AvgIpc) is 2.19. The number of rotatable bonds is 4. The maximum Gasteiger partial charge on any atom is 0.223 e. The second-order valence-electron chi connectivity index (χ2n) is 4.33. The summed E-state index contributed by atoms with van der Waals surface area (Å²) in [5, 5.41) is 2.96. The van der Waals surface area contributed by atoms with Gasteiger partial charge >= 0.3 is 0 Å². The van der Waals surface area contributed by atoms with E-state index in [0.717, 1.165) is 31.7 Å². The molecule has 1 amide bonds. The van der Waals surface area contributed by atoms with Crippen molar-refractivity contribution in [1.29, 1.82) is 0 Å². The number of nitrogens with one attached hydrogen (secondary N) is 1. The molecular formula is C12H21NO. The third-order valence-corrected chi connectivity index (χ3v) is 3.03. The van der Waals surface area contributed by atoms with Crippen molar-refractivity contribution in [2.24, 2.45) is 11.8 Å². The zero-order chi connectivity index (χ0) is 10.4. The van der Waals surface area contributed by atoms with Gasteiger partial charge in [0.15, 0.2) is 0 Å². The second kappa shape index (κ2) is 5.84. The summed E-state index contributed by atoms with van der Waals surface area (Å²) in [5.74, 6) is 1.34. The Bertz CT molecular complexity index is 192. The fourth-order valence-electron chi connectivity index (χ4n) is 1.96. The molecule has 0 atom stereocenters. The topological polar surface area (TPSA) is 29.1 Å². The van der Waals surface area contributed by atoms with Crippen LogP contribution in [0.2, 0.25) is 0 Å². The first kappa shape index (κ1) is 11.3. The first-order chi connectivity index (χ1) is 6.74. The highest BCUT2D eigenvalue weighted by molar-refractivity contribution is 5.78. The van der Waals surface area contributed by atoms with E-state index in [1.54, 1.807) is 0 Å². The van der Waals surface area contributed by atoms with Crippen molar-refractivity contribution in [3.8, 4) is 0 Å². The Morgan fingerprint density at radius 3 is 2.64 bits per heavy atom. The molecular weight excluding hydrogens is 174 g/mol. The van der Waals surface area contributed by atoms with Gasteiger partial charge in [0.2, 0.25) is 5.91 Å². The van der Waals surface area contributed by atoms with Crippen LogP contribution in [0.3, 0.4) is 0 Å². The normalized spacial score (nSPS) is 26.9. The molecule has 0 unspecified atom stereocenters. The maximum atomic E-state index is 11.6. The van der Waals surface area contributed by atoms with Crippen LogP contribution in [0.4, 0.5) is 0 Å². The molecule has 0 heterocycles. The standard InChI is InChI=1S/C12H21NO/c1-3-4-9-13-12(14)11-7-5-10(2)6-8-11/h3,10-11H,1,4-9H2,2H3,(H,13,14). The van der Waals surface area contributed by atoms with Gasteiger partial charge in [0, 0.05) is 12.5 Å². The van der Waals surface area contributed by atoms with E-state index >= 15 is 0 Å². The molecule has 1 N–H and O–H groups in total. The minimum Gasteiger partial charge on any atom is -0.356 e. The van der Waals surface area contributed by atoms with Gasteiger partial charge in [-0.05, 0) is 38.0 Å². The second-order valence-corrected chi connectivity index (χ2v) is 4.33. The van der Waals surface area contributed by atoms with Crippen LogP contribution in [0, 0.1) is 11.8 Å². The average molecular weight is 195 g/mol. The third kappa shape index (κ3) is 3.52. The highest BCUT2D eigenvalue weighted by Gasteiger charge is 2.23. The van der Waals surface area contributed by atoms with Crippen molar-refractivity contribution in [2.45, 2.75) is 39.0 Å². The monoisotopic (exact) mass is 195 g/mol. The van der Waals surface area contributed by atoms with Gasteiger partial charge in [-0.25, -0.2) is 0 Å². The number of carbonyl (C=O) groups is 1. The van der Waals surface area contributed by atoms with Crippen molar-refractivity contribution >= 4 is 5.91 Å². The van der Waals surface area contributed by atoms with Gasteiger partial charge in [0.25, 0.3) is 0 Å². The molecule has 0 radical (unpaired) electrons. The molecule has 0 saturated heterocycles. The van der Waals surface area contributed by atoms with Crippen LogP contribution in [0.25, 0.3) is 0 Å². The van der Waals surface area contributed by atoms with Crippen LogP contribution in [-0.2, 0) is 4.79 Å². The highest BCUT2D eigenvalue weighted by Crippen LogP contribution is 2.28.